The van der Waals surface area contributed by atoms with Crippen molar-refractivity contribution in [1.29, 1.82) is 0 Å². The van der Waals surface area contributed by atoms with Crippen LogP contribution in [0.15, 0.2) is 53.6 Å². The Labute approximate surface area is 276 Å². The summed E-state index contributed by atoms with van der Waals surface area (Å²) < 4.78 is 91.6. The molecule has 47 heavy (non-hydrogen) atoms. The molecule has 2 aliphatic heterocycles. The molecule has 0 spiro atoms. The highest BCUT2D eigenvalue weighted by molar-refractivity contribution is 7.92. The molecular weight excluding hydrogens is 679 g/mol. The fourth-order valence-corrected chi connectivity index (χ4v) is 8.52. The van der Waals surface area contributed by atoms with Crippen molar-refractivity contribution in [2.45, 2.75) is 55.4 Å². The van der Waals surface area contributed by atoms with E-state index in [1.54, 1.807) is 16.8 Å². The van der Waals surface area contributed by atoms with Crippen LogP contribution in [0, 0.1) is 0 Å². The minimum absolute atomic E-state index is 0.0474. The predicted octanol–water partition coefficient (Wildman–Crippen LogP) is 4.58. The second-order valence-corrected chi connectivity index (χ2v) is 16.8. The van der Waals surface area contributed by atoms with Gasteiger partial charge in [0.25, 0.3) is 0 Å². The standard InChI is InChI=1S/C31H35ClF3N5O5S2/c1-46(42,43)39-13-10-29-27(18-39)30(21-2-4-22(5-3-21)31(33,34)35)37-40(29)17-23(41)16-38-11-8-20(9-12-38)26-15-36-28-14-24(6-7-25(26)28)47(44,45)19-32/h2-7,14-15,20,23,36,41H,8-13,16-19H2,1H3. The molecule has 4 aromatic rings. The van der Waals surface area contributed by atoms with Gasteiger partial charge < -0.3 is 15.0 Å². The summed E-state index contributed by atoms with van der Waals surface area (Å²) in [5.74, 6) is 0.259. The lowest BCUT2D eigenvalue weighted by molar-refractivity contribution is -0.137. The first-order chi connectivity index (χ1) is 22.1. The fraction of sp³-hybridized carbons (Fsp3) is 0.452. The van der Waals surface area contributed by atoms with E-state index in [9.17, 15) is 35.1 Å². The van der Waals surface area contributed by atoms with Gasteiger partial charge in [-0.1, -0.05) is 18.2 Å². The van der Waals surface area contributed by atoms with Gasteiger partial charge in [-0.15, -0.1) is 11.6 Å². The number of nitrogens with zero attached hydrogens (tertiary/aromatic N) is 4. The van der Waals surface area contributed by atoms with Crippen molar-refractivity contribution in [3.63, 3.8) is 0 Å². The highest BCUT2D eigenvalue weighted by Crippen LogP contribution is 2.36. The number of halogens is 4. The van der Waals surface area contributed by atoms with Gasteiger partial charge in [0, 0.05) is 60.0 Å². The SMILES string of the molecule is CS(=O)(=O)N1CCc2c(c(-c3ccc(C(F)(F)F)cc3)nn2CC(O)CN2CCC(c3c[nH]c4cc(S(=O)(=O)CCl)ccc34)CC2)C1. The van der Waals surface area contributed by atoms with Crippen LogP contribution in [0.2, 0.25) is 0 Å². The Morgan fingerprint density at radius 2 is 1.74 bits per heavy atom. The molecule has 2 aromatic heterocycles. The molecule has 0 bridgehead atoms. The molecule has 10 nitrogen and oxygen atoms in total. The molecule has 2 N–H and O–H groups in total. The molecule has 0 amide bonds. The Kier molecular flexibility index (Phi) is 9.26. The zero-order valence-corrected chi connectivity index (χ0v) is 27.9. The first-order valence-corrected chi connectivity index (χ1v) is 19.2. The summed E-state index contributed by atoms with van der Waals surface area (Å²) in [6, 6.07) is 9.64. The molecule has 6 rings (SSSR count). The average molecular weight is 714 g/mol. The summed E-state index contributed by atoms with van der Waals surface area (Å²) in [5, 5.41) is 16.3. The highest BCUT2D eigenvalue weighted by Gasteiger charge is 2.33. The molecule has 0 saturated carbocycles. The predicted molar refractivity (Wildman–Crippen MR) is 172 cm³/mol. The lowest BCUT2D eigenvalue weighted by Crippen LogP contribution is -2.40. The van der Waals surface area contributed by atoms with Crippen LogP contribution in [0.4, 0.5) is 13.2 Å². The van der Waals surface area contributed by atoms with Gasteiger partial charge in [-0.05, 0) is 61.7 Å². The largest absolute Gasteiger partial charge is 0.416 e. The molecule has 4 heterocycles. The molecule has 1 unspecified atom stereocenters. The number of aliphatic hydroxyl groups excluding tert-OH is 1. The Balaban J connectivity index is 1.14. The van der Waals surface area contributed by atoms with E-state index in [0.717, 1.165) is 66.5 Å². The molecule has 0 aliphatic carbocycles. The number of rotatable bonds is 9. The lowest BCUT2D eigenvalue weighted by atomic mass is 9.89. The van der Waals surface area contributed by atoms with Crippen LogP contribution >= 0.6 is 11.6 Å². The third-order valence-corrected chi connectivity index (χ3v) is 12.5. The number of hydrogen-bond acceptors (Lipinski definition) is 7. The number of sulfonamides is 1. The molecule has 16 heteroatoms. The molecule has 2 aromatic carbocycles. The van der Waals surface area contributed by atoms with Crippen molar-refractivity contribution in [1.82, 2.24) is 24.0 Å². The first kappa shape index (κ1) is 33.9. The van der Waals surface area contributed by atoms with Crippen LogP contribution in [0.1, 0.15) is 41.1 Å². The van der Waals surface area contributed by atoms with E-state index < -0.39 is 42.9 Å². The van der Waals surface area contributed by atoms with E-state index in [1.807, 2.05) is 12.3 Å². The highest BCUT2D eigenvalue weighted by atomic mass is 35.5. The number of fused-ring (bicyclic) bond motifs is 2. The molecular formula is C31H35ClF3N5O5S2. The van der Waals surface area contributed by atoms with Crippen LogP contribution in [0.5, 0.6) is 0 Å². The van der Waals surface area contributed by atoms with Crippen molar-refractivity contribution >= 4 is 42.4 Å². The number of likely N-dealkylation sites (tertiary alicyclic amines) is 1. The third-order valence-electron chi connectivity index (χ3n) is 9.12. The Bertz CT molecular complexity index is 1990. The number of β-amino-alcohol motifs (C(OH)–C–C–N with tert-alkyl or cyclic N) is 1. The second-order valence-electron chi connectivity index (χ2n) is 12.3. The van der Waals surface area contributed by atoms with Crippen LogP contribution < -0.4 is 0 Å². The minimum atomic E-state index is -4.49. The van der Waals surface area contributed by atoms with E-state index in [4.69, 9.17) is 16.7 Å². The summed E-state index contributed by atoms with van der Waals surface area (Å²) in [6.07, 6.45) is -0.181. The summed E-state index contributed by atoms with van der Waals surface area (Å²) in [5.41, 5.74) is 3.30. The van der Waals surface area contributed by atoms with Gasteiger partial charge in [-0.25, -0.2) is 16.8 Å². The fourth-order valence-electron chi connectivity index (χ4n) is 6.65. The first-order valence-electron chi connectivity index (χ1n) is 15.2. The molecule has 1 fully saturated rings. The zero-order valence-electron chi connectivity index (χ0n) is 25.5. The maximum absolute atomic E-state index is 13.2. The van der Waals surface area contributed by atoms with E-state index in [0.29, 0.717) is 29.8 Å². The Morgan fingerprint density at radius 3 is 2.38 bits per heavy atom. The monoisotopic (exact) mass is 713 g/mol. The third kappa shape index (κ3) is 7.10. The molecule has 0 radical (unpaired) electrons. The number of aromatic amines is 1. The number of benzene rings is 2. The maximum Gasteiger partial charge on any atom is 0.416 e. The van der Waals surface area contributed by atoms with Crippen molar-refractivity contribution in [3.05, 3.63) is 71.0 Å². The van der Waals surface area contributed by atoms with E-state index in [1.165, 1.54) is 16.4 Å². The van der Waals surface area contributed by atoms with Gasteiger partial charge in [-0.2, -0.15) is 22.6 Å². The maximum atomic E-state index is 13.2. The van der Waals surface area contributed by atoms with Crippen molar-refractivity contribution < 1.29 is 35.1 Å². The number of aromatic nitrogens is 3. The van der Waals surface area contributed by atoms with Crippen molar-refractivity contribution in [2.75, 3.05) is 37.6 Å². The van der Waals surface area contributed by atoms with Crippen LogP contribution in [-0.2, 0) is 45.5 Å². The zero-order chi connectivity index (χ0) is 33.7. The number of sulfone groups is 1. The Hall–Kier alpha value is -2.95. The van der Waals surface area contributed by atoms with Gasteiger partial charge in [0.05, 0.1) is 35.1 Å². The molecule has 254 valence electrons. The molecule has 1 saturated heterocycles. The summed E-state index contributed by atoms with van der Waals surface area (Å²) in [4.78, 5) is 5.55. The van der Waals surface area contributed by atoms with Crippen molar-refractivity contribution in [2.24, 2.45) is 0 Å². The quantitative estimate of drug-likeness (QED) is 0.243. The summed E-state index contributed by atoms with van der Waals surface area (Å²) in [6.45, 7) is 2.31. The van der Waals surface area contributed by atoms with Gasteiger partial charge in [-0.3, -0.25) is 4.68 Å². The second kappa shape index (κ2) is 12.8. The van der Waals surface area contributed by atoms with Gasteiger partial charge in [0.1, 0.15) is 5.21 Å². The van der Waals surface area contributed by atoms with E-state index in [-0.39, 0.29) is 30.4 Å². The summed E-state index contributed by atoms with van der Waals surface area (Å²) in [7, 11) is -7.04. The van der Waals surface area contributed by atoms with Crippen LogP contribution in [-0.4, -0.2) is 89.7 Å². The summed E-state index contributed by atoms with van der Waals surface area (Å²) >= 11 is 5.62. The van der Waals surface area contributed by atoms with Crippen molar-refractivity contribution in [3.8, 4) is 11.3 Å². The number of hydrogen-bond donors (Lipinski definition) is 2. The lowest BCUT2D eigenvalue weighted by Gasteiger charge is -2.33. The molecule has 2 aliphatic rings. The van der Waals surface area contributed by atoms with E-state index in [2.05, 4.69) is 9.88 Å². The average Bonchev–Trinajstić information content (AvgIpc) is 3.61. The minimum Gasteiger partial charge on any atom is -0.390 e. The van der Waals surface area contributed by atoms with Crippen LogP contribution in [0.3, 0.4) is 0 Å². The van der Waals surface area contributed by atoms with E-state index >= 15 is 0 Å². The normalized spacial score (nSPS) is 18.1. The number of aliphatic hydroxyl groups is 1. The smallest absolute Gasteiger partial charge is 0.390 e. The number of nitrogens with one attached hydrogen (secondary N) is 1. The van der Waals surface area contributed by atoms with Gasteiger partial charge >= 0.3 is 6.18 Å². The van der Waals surface area contributed by atoms with Gasteiger partial charge in [0.15, 0.2) is 9.84 Å². The number of alkyl halides is 4. The topological polar surface area (TPSA) is 129 Å². The number of H-pyrrole nitrogens is 1. The van der Waals surface area contributed by atoms with Crippen LogP contribution in [0.25, 0.3) is 22.2 Å². The molecule has 1 atom stereocenters. The number of piperidine rings is 1. The Morgan fingerprint density at radius 1 is 1.04 bits per heavy atom. The van der Waals surface area contributed by atoms with Gasteiger partial charge in [0.2, 0.25) is 10.0 Å².